The van der Waals surface area contributed by atoms with Gasteiger partial charge in [0.15, 0.2) is 5.65 Å². The predicted molar refractivity (Wildman–Crippen MR) is 38.0 cm³/mol. The molecular weight excluding hydrogens is 146 g/mol. The second-order valence-corrected chi connectivity index (χ2v) is 2.06. The van der Waals surface area contributed by atoms with Crippen LogP contribution in [0.2, 0.25) is 0 Å². The number of nitrogens with two attached hydrogens (primary N) is 1. The molecule has 11 heavy (non-hydrogen) atoms. The third kappa shape index (κ3) is 0.759. The number of fused-ring (bicyclic) bond motifs is 1. The summed E-state index contributed by atoms with van der Waals surface area (Å²) in [4.78, 5) is 10.9. The standard InChI is InChI=1S/C5H5N5O/c6-3-1-2-4-7-8-5(11)10(4)9-3/h1-2H,(H2,6,9)(H,8,11). The van der Waals surface area contributed by atoms with Crippen molar-refractivity contribution < 1.29 is 0 Å². The van der Waals surface area contributed by atoms with Crippen molar-refractivity contribution in [3.8, 4) is 0 Å². The van der Waals surface area contributed by atoms with E-state index >= 15 is 0 Å². The fourth-order valence-corrected chi connectivity index (χ4v) is 0.817. The lowest BCUT2D eigenvalue weighted by Crippen LogP contribution is -2.12. The third-order valence-corrected chi connectivity index (χ3v) is 1.29. The van der Waals surface area contributed by atoms with E-state index in [2.05, 4.69) is 15.3 Å². The Morgan fingerprint density at radius 1 is 1.55 bits per heavy atom. The fraction of sp³-hybridized carbons (Fsp3) is 0. The van der Waals surface area contributed by atoms with Gasteiger partial charge in [-0.3, -0.25) is 0 Å². The molecule has 0 aliphatic heterocycles. The van der Waals surface area contributed by atoms with Crippen molar-refractivity contribution in [2.45, 2.75) is 0 Å². The maximum Gasteiger partial charge on any atom is 0.364 e. The molecule has 6 heteroatoms. The van der Waals surface area contributed by atoms with E-state index in [1.54, 1.807) is 12.1 Å². The molecule has 0 bridgehead atoms. The first kappa shape index (κ1) is 5.90. The molecule has 2 aromatic heterocycles. The van der Waals surface area contributed by atoms with Gasteiger partial charge in [0.05, 0.1) is 0 Å². The Balaban J connectivity index is 2.99. The van der Waals surface area contributed by atoms with Crippen molar-refractivity contribution in [3.63, 3.8) is 0 Å². The van der Waals surface area contributed by atoms with Crippen LogP contribution < -0.4 is 11.4 Å². The fourth-order valence-electron chi connectivity index (χ4n) is 0.817. The van der Waals surface area contributed by atoms with Crippen molar-refractivity contribution in [1.29, 1.82) is 0 Å². The molecule has 2 heterocycles. The van der Waals surface area contributed by atoms with Crippen LogP contribution in [0, 0.1) is 0 Å². The minimum Gasteiger partial charge on any atom is -0.382 e. The van der Waals surface area contributed by atoms with Crippen LogP contribution in [-0.2, 0) is 0 Å². The van der Waals surface area contributed by atoms with Gasteiger partial charge in [0, 0.05) is 0 Å². The molecule has 0 saturated carbocycles. The summed E-state index contributed by atoms with van der Waals surface area (Å²) in [7, 11) is 0. The summed E-state index contributed by atoms with van der Waals surface area (Å²) in [5.41, 5.74) is 5.42. The van der Waals surface area contributed by atoms with Crippen molar-refractivity contribution >= 4 is 11.5 Å². The molecule has 0 aliphatic rings. The van der Waals surface area contributed by atoms with Gasteiger partial charge in [-0.1, -0.05) is 0 Å². The number of aromatic amines is 1. The molecule has 2 aromatic rings. The van der Waals surface area contributed by atoms with E-state index in [-0.39, 0.29) is 5.69 Å². The van der Waals surface area contributed by atoms with Crippen LogP contribution >= 0.6 is 0 Å². The Morgan fingerprint density at radius 2 is 2.36 bits per heavy atom. The minimum absolute atomic E-state index is 0.293. The van der Waals surface area contributed by atoms with Gasteiger partial charge in [0.25, 0.3) is 0 Å². The van der Waals surface area contributed by atoms with Crippen LogP contribution in [0.4, 0.5) is 5.82 Å². The maximum absolute atomic E-state index is 10.9. The Labute approximate surface area is 60.6 Å². The molecule has 0 unspecified atom stereocenters. The zero-order valence-corrected chi connectivity index (χ0v) is 5.48. The average molecular weight is 151 g/mol. The third-order valence-electron chi connectivity index (χ3n) is 1.29. The Kier molecular flexibility index (Phi) is 0.974. The monoisotopic (exact) mass is 151 g/mol. The first-order valence-corrected chi connectivity index (χ1v) is 2.97. The van der Waals surface area contributed by atoms with Gasteiger partial charge in [-0.25, -0.2) is 9.89 Å². The predicted octanol–water partition coefficient (Wildman–Crippen LogP) is -1.00. The molecular formula is C5H5N5O. The van der Waals surface area contributed by atoms with Crippen LogP contribution in [0.3, 0.4) is 0 Å². The maximum atomic E-state index is 10.9. The number of nitrogen functional groups attached to an aromatic ring is 1. The summed E-state index contributed by atoms with van der Waals surface area (Å²) < 4.78 is 1.11. The Hall–Kier alpha value is -1.85. The van der Waals surface area contributed by atoms with E-state index < -0.39 is 0 Å². The summed E-state index contributed by atoms with van der Waals surface area (Å²) in [5, 5.41) is 9.63. The Bertz CT molecular complexity index is 441. The van der Waals surface area contributed by atoms with Gasteiger partial charge in [-0.05, 0) is 12.1 Å². The number of nitrogens with zero attached hydrogens (tertiary/aromatic N) is 3. The molecule has 6 nitrogen and oxygen atoms in total. The molecule has 0 aliphatic carbocycles. The van der Waals surface area contributed by atoms with Crippen molar-refractivity contribution in [1.82, 2.24) is 19.8 Å². The van der Waals surface area contributed by atoms with Crippen LogP contribution in [0.25, 0.3) is 5.65 Å². The number of aromatic nitrogens is 4. The smallest absolute Gasteiger partial charge is 0.364 e. The van der Waals surface area contributed by atoms with Gasteiger partial charge in [-0.2, -0.15) is 9.61 Å². The first-order chi connectivity index (χ1) is 5.27. The number of hydrogen-bond acceptors (Lipinski definition) is 4. The van der Waals surface area contributed by atoms with Gasteiger partial charge >= 0.3 is 5.69 Å². The summed E-state index contributed by atoms with van der Waals surface area (Å²) in [6.45, 7) is 0. The van der Waals surface area contributed by atoms with E-state index in [4.69, 9.17) is 5.73 Å². The molecule has 3 N–H and O–H groups in total. The van der Waals surface area contributed by atoms with Crippen LogP contribution in [0.15, 0.2) is 16.9 Å². The topological polar surface area (TPSA) is 89.1 Å². The zero-order valence-electron chi connectivity index (χ0n) is 5.48. The van der Waals surface area contributed by atoms with E-state index in [1.807, 2.05) is 0 Å². The second-order valence-electron chi connectivity index (χ2n) is 2.06. The van der Waals surface area contributed by atoms with Gasteiger partial charge in [0.2, 0.25) is 0 Å². The van der Waals surface area contributed by atoms with E-state index in [1.165, 1.54) is 0 Å². The summed E-state index contributed by atoms with van der Waals surface area (Å²) in [5.74, 6) is 0.293. The zero-order chi connectivity index (χ0) is 7.84. The summed E-state index contributed by atoms with van der Waals surface area (Å²) in [6, 6.07) is 3.19. The highest BCUT2D eigenvalue weighted by Crippen LogP contribution is 1.96. The SMILES string of the molecule is Nc1ccc2n[nH]c(=O)n2n1. The number of rotatable bonds is 0. The first-order valence-electron chi connectivity index (χ1n) is 2.97. The molecule has 0 spiro atoms. The van der Waals surface area contributed by atoms with Gasteiger partial charge in [-0.15, -0.1) is 5.10 Å². The highest BCUT2D eigenvalue weighted by atomic mass is 16.2. The highest BCUT2D eigenvalue weighted by Gasteiger charge is 1.98. The summed E-state index contributed by atoms with van der Waals surface area (Å²) in [6.07, 6.45) is 0. The highest BCUT2D eigenvalue weighted by molar-refractivity contribution is 5.39. The van der Waals surface area contributed by atoms with Crippen molar-refractivity contribution in [3.05, 3.63) is 22.6 Å². The number of anilines is 1. The largest absolute Gasteiger partial charge is 0.382 e. The van der Waals surface area contributed by atoms with E-state index in [0.717, 1.165) is 4.52 Å². The van der Waals surface area contributed by atoms with E-state index in [9.17, 15) is 4.79 Å². The Morgan fingerprint density at radius 3 is 3.18 bits per heavy atom. The quantitative estimate of drug-likeness (QED) is 0.505. The molecule has 0 fully saturated rings. The molecule has 0 saturated heterocycles. The van der Waals surface area contributed by atoms with Crippen LogP contribution in [-0.4, -0.2) is 19.8 Å². The normalized spacial score (nSPS) is 10.5. The number of hydrogen-bond donors (Lipinski definition) is 2. The summed E-state index contributed by atoms with van der Waals surface area (Å²) >= 11 is 0. The van der Waals surface area contributed by atoms with Crippen molar-refractivity contribution in [2.75, 3.05) is 5.73 Å². The van der Waals surface area contributed by atoms with Gasteiger partial charge < -0.3 is 5.73 Å². The van der Waals surface area contributed by atoms with Gasteiger partial charge in [0.1, 0.15) is 5.82 Å². The average Bonchev–Trinajstić information content (AvgIpc) is 2.33. The molecule has 2 rings (SSSR count). The lowest BCUT2D eigenvalue weighted by Gasteiger charge is -1.89. The lowest BCUT2D eigenvalue weighted by molar-refractivity contribution is 0.887. The minimum atomic E-state index is -0.382. The number of H-pyrrole nitrogens is 1. The lowest BCUT2D eigenvalue weighted by atomic mass is 10.5. The van der Waals surface area contributed by atoms with Crippen molar-refractivity contribution in [2.24, 2.45) is 0 Å². The number of nitrogens with one attached hydrogen (secondary N) is 1. The molecule has 56 valence electrons. The molecule has 0 aromatic carbocycles. The molecule has 0 radical (unpaired) electrons. The van der Waals surface area contributed by atoms with E-state index in [0.29, 0.717) is 11.5 Å². The molecule has 0 atom stereocenters. The molecule has 0 amide bonds. The van der Waals surface area contributed by atoms with Crippen LogP contribution in [0.1, 0.15) is 0 Å². The second kappa shape index (κ2) is 1.82. The van der Waals surface area contributed by atoms with Crippen LogP contribution in [0.5, 0.6) is 0 Å².